The SMILES string of the molecule is OCC(CO)N[C@H](CO)c1n[nH]c2cncnc12. The Bertz CT molecular complexity index is 499. The van der Waals surface area contributed by atoms with E-state index < -0.39 is 12.1 Å². The summed E-state index contributed by atoms with van der Waals surface area (Å²) in [6, 6.07) is -1.03. The lowest BCUT2D eigenvalue weighted by atomic mass is 10.1. The molecule has 0 aliphatic carbocycles. The molecule has 0 amide bonds. The van der Waals surface area contributed by atoms with Crippen molar-refractivity contribution >= 4 is 11.0 Å². The summed E-state index contributed by atoms with van der Waals surface area (Å²) in [6.07, 6.45) is 2.98. The molecular weight excluding hydrogens is 238 g/mol. The zero-order valence-electron chi connectivity index (χ0n) is 9.61. The van der Waals surface area contributed by atoms with E-state index in [0.717, 1.165) is 0 Å². The van der Waals surface area contributed by atoms with Gasteiger partial charge in [-0.25, -0.2) is 9.97 Å². The Morgan fingerprint density at radius 1 is 1.22 bits per heavy atom. The van der Waals surface area contributed by atoms with Gasteiger partial charge in [0.2, 0.25) is 0 Å². The minimum absolute atomic E-state index is 0.222. The fourth-order valence-corrected chi connectivity index (χ4v) is 1.70. The van der Waals surface area contributed by atoms with Gasteiger partial charge in [0.25, 0.3) is 0 Å². The van der Waals surface area contributed by atoms with Crippen molar-refractivity contribution in [3.63, 3.8) is 0 Å². The maximum Gasteiger partial charge on any atom is 0.116 e. The lowest BCUT2D eigenvalue weighted by Gasteiger charge is -2.20. The summed E-state index contributed by atoms with van der Waals surface area (Å²) in [5.41, 5.74) is 1.80. The normalized spacial score (nSPS) is 13.3. The molecule has 0 unspecified atom stereocenters. The van der Waals surface area contributed by atoms with E-state index in [0.29, 0.717) is 16.7 Å². The third-order valence-electron chi connectivity index (χ3n) is 2.64. The smallest absolute Gasteiger partial charge is 0.116 e. The van der Waals surface area contributed by atoms with Crippen molar-refractivity contribution in [3.05, 3.63) is 18.2 Å². The molecule has 0 radical (unpaired) electrons. The Morgan fingerprint density at radius 2 is 2.00 bits per heavy atom. The minimum Gasteiger partial charge on any atom is -0.395 e. The van der Waals surface area contributed by atoms with Gasteiger partial charge >= 0.3 is 0 Å². The topological polar surface area (TPSA) is 127 Å². The molecule has 2 rings (SSSR count). The highest BCUT2D eigenvalue weighted by Gasteiger charge is 2.20. The molecule has 0 spiro atoms. The standard InChI is InChI=1S/C10H15N5O3/c16-2-6(3-17)13-8(4-18)10-9-7(14-15-10)1-11-5-12-9/h1,5-6,8,13,16-18H,2-4H2,(H,14,15)/t8-/m1/s1. The van der Waals surface area contributed by atoms with Gasteiger partial charge in [0, 0.05) is 0 Å². The number of H-pyrrole nitrogens is 1. The van der Waals surface area contributed by atoms with Gasteiger partial charge in [-0.05, 0) is 0 Å². The third-order valence-corrected chi connectivity index (χ3v) is 2.64. The number of hydrogen-bond donors (Lipinski definition) is 5. The van der Waals surface area contributed by atoms with Gasteiger partial charge in [-0.2, -0.15) is 5.10 Å². The number of aliphatic hydroxyl groups excluding tert-OH is 3. The average molecular weight is 253 g/mol. The molecule has 0 aromatic carbocycles. The number of aromatic amines is 1. The Kier molecular flexibility index (Phi) is 4.15. The first-order chi connectivity index (χ1) is 8.80. The molecule has 0 aliphatic rings. The molecule has 98 valence electrons. The van der Waals surface area contributed by atoms with Crippen LogP contribution in [-0.2, 0) is 0 Å². The highest BCUT2D eigenvalue weighted by molar-refractivity contribution is 5.75. The molecule has 0 fully saturated rings. The van der Waals surface area contributed by atoms with Crippen molar-refractivity contribution < 1.29 is 15.3 Å². The minimum atomic E-state index is -0.518. The van der Waals surface area contributed by atoms with E-state index in [1.165, 1.54) is 6.33 Å². The van der Waals surface area contributed by atoms with E-state index in [-0.39, 0.29) is 19.8 Å². The first-order valence-electron chi connectivity index (χ1n) is 5.52. The van der Waals surface area contributed by atoms with Crippen LogP contribution in [0.2, 0.25) is 0 Å². The van der Waals surface area contributed by atoms with Gasteiger partial charge in [-0.15, -0.1) is 0 Å². The maximum absolute atomic E-state index is 9.37. The number of rotatable bonds is 6. The fourth-order valence-electron chi connectivity index (χ4n) is 1.70. The zero-order valence-corrected chi connectivity index (χ0v) is 9.61. The summed E-state index contributed by atoms with van der Waals surface area (Å²) in [4.78, 5) is 7.95. The van der Waals surface area contributed by atoms with E-state index >= 15 is 0 Å². The van der Waals surface area contributed by atoms with E-state index in [1.807, 2.05) is 0 Å². The number of aliphatic hydroxyl groups is 3. The van der Waals surface area contributed by atoms with Crippen LogP contribution < -0.4 is 5.32 Å². The largest absolute Gasteiger partial charge is 0.395 e. The van der Waals surface area contributed by atoms with Gasteiger partial charge in [0.05, 0.1) is 38.1 Å². The van der Waals surface area contributed by atoms with Crippen molar-refractivity contribution in [1.29, 1.82) is 0 Å². The number of aromatic nitrogens is 4. The maximum atomic E-state index is 9.37. The predicted octanol–water partition coefficient (Wildman–Crippen LogP) is -1.67. The van der Waals surface area contributed by atoms with Crippen LogP contribution in [0.4, 0.5) is 0 Å². The summed E-state index contributed by atoms with van der Waals surface area (Å²) >= 11 is 0. The molecule has 18 heavy (non-hydrogen) atoms. The van der Waals surface area contributed by atoms with E-state index in [9.17, 15) is 5.11 Å². The molecule has 2 heterocycles. The third kappa shape index (κ3) is 2.46. The van der Waals surface area contributed by atoms with Crippen LogP contribution >= 0.6 is 0 Å². The molecule has 8 nitrogen and oxygen atoms in total. The molecule has 5 N–H and O–H groups in total. The Balaban J connectivity index is 2.26. The zero-order chi connectivity index (χ0) is 13.0. The summed E-state index contributed by atoms with van der Waals surface area (Å²) < 4.78 is 0. The second-order valence-electron chi connectivity index (χ2n) is 3.86. The van der Waals surface area contributed by atoms with Crippen molar-refractivity contribution in [2.24, 2.45) is 0 Å². The van der Waals surface area contributed by atoms with Gasteiger partial charge in [0.1, 0.15) is 23.1 Å². The molecule has 2 aromatic rings. The second kappa shape index (κ2) is 5.83. The van der Waals surface area contributed by atoms with Crippen LogP contribution in [0.15, 0.2) is 12.5 Å². The van der Waals surface area contributed by atoms with Gasteiger partial charge in [-0.3, -0.25) is 10.4 Å². The predicted molar refractivity (Wildman–Crippen MR) is 62.6 cm³/mol. The van der Waals surface area contributed by atoms with Crippen molar-refractivity contribution in [2.45, 2.75) is 12.1 Å². The molecule has 0 saturated carbocycles. The monoisotopic (exact) mass is 253 g/mol. The van der Waals surface area contributed by atoms with E-state index in [1.54, 1.807) is 6.20 Å². The van der Waals surface area contributed by atoms with Crippen LogP contribution in [0.3, 0.4) is 0 Å². The number of nitrogens with zero attached hydrogens (tertiary/aromatic N) is 3. The molecule has 1 atom stereocenters. The Morgan fingerprint density at radius 3 is 2.67 bits per heavy atom. The summed E-state index contributed by atoms with van der Waals surface area (Å²) in [6.45, 7) is -0.685. The Labute approximate surface area is 103 Å². The average Bonchev–Trinajstić information content (AvgIpc) is 2.84. The molecule has 0 bridgehead atoms. The molecular formula is C10H15N5O3. The van der Waals surface area contributed by atoms with Gasteiger partial charge in [0.15, 0.2) is 0 Å². The first-order valence-corrected chi connectivity index (χ1v) is 5.52. The first kappa shape index (κ1) is 12.8. The van der Waals surface area contributed by atoms with Gasteiger partial charge in [-0.1, -0.05) is 0 Å². The Hall–Kier alpha value is -1.61. The number of fused-ring (bicyclic) bond motifs is 1. The summed E-state index contributed by atoms with van der Waals surface area (Å²) in [5, 5.41) is 37.2. The highest BCUT2D eigenvalue weighted by atomic mass is 16.3. The number of nitrogens with one attached hydrogen (secondary N) is 2. The summed E-state index contributed by atoms with van der Waals surface area (Å²) in [5.74, 6) is 0. The lowest BCUT2D eigenvalue weighted by Crippen LogP contribution is -2.40. The van der Waals surface area contributed by atoms with Crippen LogP contribution in [0.25, 0.3) is 11.0 Å². The van der Waals surface area contributed by atoms with Crippen LogP contribution in [0.1, 0.15) is 11.7 Å². The van der Waals surface area contributed by atoms with Crippen LogP contribution in [0.5, 0.6) is 0 Å². The number of hydrogen-bond acceptors (Lipinski definition) is 7. The van der Waals surface area contributed by atoms with Crippen molar-refractivity contribution in [3.8, 4) is 0 Å². The van der Waals surface area contributed by atoms with Crippen molar-refractivity contribution in [2.75, 3.05) is 19.8 Å². The van der Waals surface area contributed by atoms with Crippen LogP contribution in [-0.4, -0.2) is 61.3 Å². The second-order valence-corrected chi connectivity index (χ2v) is 3.86. The highest BCUT2D eigenvalue weighted by Crippen LogP contribution is 2.18. The molecule has 0 saturated heterocycles. The molecule has 2 aromatic heterocycles. The van der Waals surface area contributed by atoms with E-state index in [2.05, 4.69) is 25.5 Å². The van der Waals surface area contributed by atoms with Crippen molar-refractivity contribution in [1.82, 2.24) is 25.5 Å². The quantitative estimate of drug-likeness (QED) is 0.416. The molecule has 8 heteroatoms. The van der Waals surface area contributed by atoms with Crippen LogP contribution in [0, 0.1) is 0 Å². The lowest BCUT2D eigenvalue weighted by molar-refractivity contribution is 0.144. The summed E-state index contributed by atoms with van der Waals surface area (Å²) in [7, 11) is 0. The molecule has 0 aliphatic heterocycles. The van der Waals surface area contributed by atoms with E-state index in [4.69, 9.17) is 10.2 Å². The fraction of sp³-hybridized carbons (Fsp3) is 0.500. The van der Waals surface area contributed by atoms with Gasteiger partial charge < -0.3 is 15.3 Å².